The van der Waals surface area contributed by atoms with Crippen molar-refractivity contribution in [2.24, 2.45) is 0 Å². The molecule has 0 aromatic heterocycles. The molecule has 3 rings (SSSR count). The van der Waals surface area contributed by atoms with Crippen LogP contribution in [0.25, 0.3) is 0 Å². The maximum absolute atomic E-state index is 5.97. The van der Waals surface area contributed by atoms with Gasteiger partial charge in [-0.2, -0.15) is 0 Å². The minimum Gasteiger partial charge on any atom is -0.473 e. The number of para-hydroxylation sites is 1. The van der Waals surface area contributed by atoms with Gasteiger partial charge < -0.3 is 9.64 Å². The van der Waals surface area contributed by atoms with Gasteiger partial charge in [0, 0.05) is 17.8 Å². The van der Waals surface area contributed by atoms with Crippen molar-refractivity contribution in [1.82, 2.24) is 0 Å². The molecule has 148 valence electrons. The summed E-state index contributed by atoms with van der Waals surface area (Å²) in [7, 11) is 0. The highest BCUT2D eigenvalue weighted by atomic mass is 16.5. The number of anilines is 1. The van der Waals surface area contributed by atoms with E-state index in [4.69, 9.17) is 4.74 Å². The Morgan fingerprint density at radius 1 is 0.929 bits per heavy atom. The first-order valence-corrected chi connectivity index (χ1v) is 10.7. The molecule has 2 aromatic rings. The lowest BCUT2D eigenvalue weighted by atomic mass is 10.0. The van der Waals surface area contributed by atoms with Crippen LogP contribution in [0.1, 0.15) is 56.6 Å². The smallest absolute Gasteiger partial charge is 0.161 e. The summed E-state index contributed by atoms with van der Waals surface area (Å²) >= 11 is 0. The van der Waals surface area contributed by atoms with Gasteiger partial charge >= 0.3 is 0 Å². The van der Waals surface area contributed by atoms with Gasteiger partial charge in [-0.05, 0) is 56.4 Å². The molecule has 1 aliphatic rings. The molecule has 0 aliphatic carbocycles. The number of fused-ring (bicyclic) bond motifs is 1. The van der Waals surface area contributed by atoms with E-state index in [0.717, 1.165) is 12.3 Å². The third-order valence-corrected chi connectivity index (χ3v) is 5.26. The fourth-order valence-electron chi connectivity index (χ4n) is 3.66. The average molecular weight is 376 g/mol. The molecule has 2 heteroatoms. The Morgan fingerprint density at radius 3 is 2.61 bits per heavy atom. The van der Waals surface area contributed by atoms with Crippen molar-refractivity contribution < 1.29 is 4.74 Å². The minimum absolute atomic E-state index is 0.625. The predicted molar refractivity (Wildman–Crippen MR) is 120 cm³/mol. The van der Waals surface area contributed by atoms with Crippen LogP contribution in [0.15, 0.2) is 72.8 Å². The molecule has 0 bridgehead atoms. The summed E-state index contributed by atoms with van der Waals surface area (Å²) < 4.78 is 5.97. The molecule has 0 saturated carbocycles. The van der Waals surface area contributed by atoms with Crippen LogP contribution in [0.2, 0.25) is 0 Å². The first-order chi connectivity index (χ1) is 13.9. The maximum atomic E-state index is 5.97. The number of allylic oxidation sites excluding steroid dienone is 4. The number of unbranched alkanes of at least 4 members (excludes halogenated alkanes) is 5. The van der Waals surface area contributed by atoms with E-state index in [2.05, 4.69) is 84.7 Å². The van der Waals surface area contributed by atoms with E-state index in [1.807, 2.05) is 0 Å². The van der Waals surface area contributed by atoms with Crippen molar-refractivity contribution in [2.75, 3.05) is 11.6 Å². The fraction of sp³-hybridized carbons (Fsp3) is 0.385. The van der Waals surface area contributed by atoms with Crippen LogP contribution in [0.5, 0.6) is 5.75 Å². The van der Waals surface area contributed by atoms with E-state index in [1.165, 1.54) is 61.8 Å². The van der Waals surface area contributed by atoms with E-state index >= 15 is 0 Å². The number of benzene rings is 2. The number of nitrogens with zero attached hydrogens (tertiary/aromatic N) is 1. The zero-order chi connectivity index (χ0) is 19.4. The fourth-order valence-corrected chi connectivity index (χ4v) is 3.66. The summed E-state index contributed by atoms with van der Waals surface area (Å²) in [4.78, 5) is 2.29. The van der Waals surface area contributed by atoms with Gasteiger partial charge in [-0.15, -0.1) is 0 Å². The van der Waals surface area contributed by atoms with Gasteiger partial charge in [0.25, 0.3) is 0 Å². The Bertz CT molecular complexity index is 763. The van der Waals surface area contributed by atoms with Gasteiger partial charge in [0.1, 0.15) is 5.75 Å². The van der Waals surface area contributed by atoms with Crippen LogP contribution in [0.3, 0.4) is 0 Å². The summed E-state index contributed by atoms with van der Waals surface area (Å²) in [6, 6.07) is 17.3. The number of hydrogen-bond acceptors (Lipinski definition) is 2. The Hall–Kier alpha value is -2.48. The van der Waals surface area contributed by atoms with Gasteiger partial charge in [-0.3, -0.25) is 0 Å². The molecule has 0 amide bonds. The second-order valence-corrected chi connectivity index (χ2v) is 7.51. The van der Waals surface area contributed by atoms with Crippen molar-refractivity contribution in [3.05, 3.63) is 84.0 Å². The lowest BCUT2D eigenvalue weighted by Crippen LogP contribution is -2.31. The van der Waals surface area contributed by atoms with Crippen LogP contribution in [-0.4, -0.2) is 6.73 Å². The summed E-state index contributed by atoms with van der Waals surface area (Å²) in [5.41, 5.74) is 3.96. The molecule has 1 heterocycles. The molecule has 0 saturated heterocycles. The molecule has 2 nitrogen and oxygen atoms in total. The maximum Gasteiger partial charge on any atom is 0.161 e. The van der Waals surface area contributed by atoms with Crippen molar-refractivity contribution in [2.45, 2.75) is 58.4 Å². The quantitative estimate of drug-likeness (QED) is 0.325. The Kier molecular flexibility index (Phi) is 8.24. The lowest BCUT2D eigenvalue weighted by Gasteiger charge is -2.31. The molecule has 1 aliphatic heterocycles. The molecular weight excluding hydrogens is 342 g/mol. The molecule has 28 heavy (non-hydrogen) atoms. The highest BCUT2D eigenvalue weighted by Gasteiger charge is 2.17. The largest absolute Gasteiger partial charge is 0.473 e. The number of hydrogen-bond donors (Lipinski definition) is 0. The number of aryl methyl sites for hydroxylation is 1. The van der Waals surface area contributed by atoms with Gasteiger partial charge in [-0.25, -0.2) is 0 Å². The zero-order valence-corrected chi connectivity index (χ0v) is 17.1. The lowest BCUT2D eigenvalue weighted by molar-refractivity contribution is 0.289. The first kappa shape index (κ1) is 20.3. The van der Waals surface area contributed by atoms with Gasteiger partial charge in [0.2, 0.25) is 0 Å². The van der Waals surface area contributed by atoms with E-state index < -0.39 is 0 Å². The van der Waals surface area contributed by atoms with Crippen molar-refractivity contribution in [3.63, 3.8) is 0 Å². The number of ether oxygens (including phenoxy) is 1. The summed E-state index contributed by atoms with van der Waals surface area (Å²) in [5, 5.41) is 0. The van der Waals surface area contributed by atoms with Crippen LogP contribution in [0, 0.1) is 0 Å². The molecule has 0 spiro atoms. The molecule has 0 unspecified atom stereocenters. The van der Waals surface area contributed by atoms with Crippen molar-refractivity contribution in [1.29, 1.82) is 0 Å². The van der Waals surface area contributed by atoms with Crippen LogP contribution >= 0.6 is 0 Å². The molecule has 0 radical (unpaired) electrons. The Labute approximate surface area is 170 Å². The van der Waals surface area contributed by atoms with Crippen molar-refractivity contribution >= 4 is 5.69 Å². The molecular formula is C26H33NO. The molecule has 2 aromatic carbocycles. The number of rotatable bonds is 10. The molecule has 0 N–H and O–H groups in total. The average Bonchev–Trinajstić information content (AvgIpc) is 2.75. The first-order valence-electron chi connectivity index (χ1n) is 10.7. The van der Waals surface area contributed by atoms with Gasteiger partial charge in [-0.1, -0.05) is 73.9 Å². The predicted octanol–water partition coefficient (Wildman–Crippen LogP) is 7.06. The van der Waals surface area contributed by atoms with E-state index in [1.54, 1.807) is 0 Å². The second-order valence-electron chi connectivity index (χ2n) is 7.51. The summed E-state index contributed by atoms with van der Waals surface area (Å²) in [6.45, 7) is 3.60. The van der Waals surface area contributed by atoms with E-state index in [9.17, 15) is 0 Å². The third kappa shape index (κ3) is 6.30. The SMILES string of the molecule is C/C=C/C=C/CCCCCCCc1ccc2c(c1)CN(c1ccccc1)CO2. The van der Waals surface area contributed by atoms with Crippen LogP contribution in [-0.2, 0) is 13.0 Å². The zero-order valence-electron chi connectivity index (χ0n) is 17.1. The Balaban J connectivity index is 1.39. The Morgan fingerprint density at radius 2 is 1.75 bits per heavy atom. The third-order valence-electron chi connectivity index (χ3n) is 5.26. The summed E-state index contributed by atoms with van der Waals surface area (Å²) in [5.74, 6) is 1.04. The van der Waals surface area contributed by atoms with E-state index in [-0.39, 0.29) is 0 Å². The topological polar surface area (TPSA) is 12.5 Å². The van der Waals surface area contributed by atoms with Crippen LogP contribution in [0.4, 0.5) is 5.69 Å². The van der Waals surface area contributed by atoms with Crippen LogP contribution < -0.4 is 9.64 Å². The minimum atomic E-state index is 0.625. The monoisotopic (exact) mass is 375 g/mol. The highest BCUT2D eigenvalue weighted by molar-refractivity contribution is 5.50. The normalized spacial score (nSPS) is 13.8. The van der Waals surface area contributed by atoms with E-state index in [0.29, 0.717) is 6.73 Å². The standard InChI is InChI=1S/C26H33NO/c1-2-3-4-5-6-7-8-9-10-12-15-23-18-19-26-24(20-23)21-27(22-28-26)25-16-13-11-14-17-25/h2-5,11,13-14,16-20H,6-10,12,15,21-22H2,1H3/b3-2+,5-4+. The van der Waals surface area contributed by atoms with Crippen molar-refractivity contribution in [3.8, 4) is 5.75 Å². The summed E-state index contributed by atoms with van der Waals surface area (Å²) in [6.07, 6.45) is 17.5. The highest BCUT2D eigenvalue weighted by Crippen LogP contribution is 2.29. The van der Waals surface area contributed by atoms with Gasteiger partial charge in [0.15, 0.2) is 6.73 Å². The second kappa shape index (κ2) is 11.4. The molecule has 0 atom stereocenters. The van der Waals surface area contributed by atoms with Gasteiger partial charge in [0.05, 0.1) is 0 Å². The molecule has 0 fully saturated rings.